The number of anilines is 2. The summed E-state index contributed by atoms with van der Waals surface area (Å²) in [6.45, 7) is 3.17. The van der Waals surface area contributed by atoms with E-state index in [9.17, 15) is 27.6 Å². The van der Waals surface area contributed by atoms with Gasteiger partial charge in [0.2, 0.25) is 5.91 Å². The molecule has 1 aromatic carbocycles. The van der Waals surface area contributed by atoms with Gasteiger partial charge in [-0.05, 0) is 51.0 Å². The van der Waals surface area contributed by atoms with Gasteiger partial charge < -0.3 is 9.80 Å². The summed E-state index contributed by atoms with van der Waals surface area (Å²) in [5, 5.41) is 9.35. The average molecular weight is 455 g/mol. The van der Waals surface area contributed by atoms with Gasteiger partial charge in [-0.25, -0.2) is 9.37 Å². The summed E-state index contributed by atoms with van der Waals surface area (Å²) >= 11 is 5.81. The summed E-state index contributed by atoms with van der Waals surface area (Å²) in [5.41, 5.74) is -1.27. The van der Waals surface area contributed by atoms with Crippen LogP contribution < -0.4 is 9.80 Å². The highest BCUT2D eigenvalue weighted by Gasteiger charge is 2.42. The zero-order valence-corrected chi connectivity index (χ0v) is 17.7. The van der Waals surface area contributed by atoms with E-state index in [1.165, 1.54) is 35.9 Å². The van der Waals surface area contributed by atoms with Gasteiger partial charge in [0.15, 0.2) is 0 Å². The number of nitriles is 1. The van der Waals surface area contributed by atoms with Gasteiger partial charge in [-0.1, -0.05) is 11.6 Å². The number of pyridine rings is 1. The van der Waals surface area contributed by atoms with Gasteiger partial charge in [0, 0.05) is 24.5 Å². The molecule has 0 N–H and O–H groups in total. The molecule has 31 heavy (non-hydrogen) atoms. The predicted molar refractivity (Wildman–Crippen MR) is 108 cm³/mol. The molecule has 0 saturated carbocycles. The third-order valence-corrected chi connectivity index (χ3v) is 5.65. The van der Waals surface area contributed by atoms with Crippen LogP contribution in [0.3, 0.4) is 0 Å². The third kappa shape index (κ3) is 4.30. The molecule has 0 spiro atoms. The van der Waals surface area contributed by atoms with E-state index in [1.54, 1.807) is 13.0 Å². The summed E-state index contributed by atoms with van der Waals surface area (Å²) in [7, 11) is 1.48. The summed E-state index contributed by atoms with van der Waals surface area (Å²) in [5.74, 6) is -1.22. The summed E-state index contributed by atoms with van der Waals surface area (Å²) in [6, 6.07) is 5.10. The van der Waals surface area contributed by atoms with Crippen molar-refractivity contribution >= 4 is 29.0 Å². The first-order valence-electron chi connectivity index (χ1n) is 9.45. The van der Waals surface area contributed by atoms with Crippen LogP contribution in [0.2, 0.25) is 5.02 Å². The lowest BCUT2D eigenvalue weighted by Gasteiger charge is -2.33. The van der Waals surface area contributed by atoms with Gasteiger partial charge in [0.1, 0.15) is 29.3 Å². The van der Waals surface area contributed by atoms with Crippen LogP contribution in [-0.2, 0) is 11.0 Å². The number of hydrogen-bond acceptors (Lipinski definition) is 4. The quantitative estimate of drug-likeness (QED) is 0.606. The number of carbonyl (C=O) groups excluding carboxylic acids is 1. The van der Waals surface area contributed by atoms with Gasteiger partial charge in [0.05, 0.1) is 10.6 Å². The predicted octanol–water partition coefficient (Wildman–Crippen LogP) is 5.09. The fourth-order valence-electron chi connectivity index (χ4n) is 3.81. The summed E-state index contributed by atoms with van der Waals surface area (Å²) in [6.07, 6.45) is -3.85. The number of hydrogen-bond donors (Lipinski definition) is 0. The minimum absolute atomic E-state index is 0.0882. The maximum Gasteiger partial charge on any atom is 0.417 e. The van der Waals surface area contributed by atoms with Gasteiger partial charge in [-0.2, -0.15) is 18.4 Å². The van der Waals surface area contributed by atoms with Crippen LogP contribution in [0.1, 0.15) is 36.6 Å². The van der Waals surface area contributed by atoms with Crippen LogP contribution >= 0.6 is 11.6 Å². The van der Waals surface area contributed by atoms with Crippen molar-refractivity contribution in [2.24, 2.45) is 0 Å². The van der Waals surface area contributed by atoms with Crippen molar-refractivity contribution in [2.75, 3.05) is 16.8 Å². The SMILES string of the molecule is Cc1cc(C(F)(F)F)c(C#N)c(N2C(C)CCC2C(=O)N(C)c2ccc(F)c(Cl)c2)n1. The maximum atomic E-state index is 13.5. The van der Waals surface area contributed by atoms with E-state index >= 15 is 0 Å². The van der Waals surface area contributed by atoms with Crippen molar-refractivity contribution in [2.45, 2.75) is 44.9 Å². The molecular weight excluding hydrogens is 436 g/mol. The molecule has 0 radical (unpaired) electrons. The van der Waals surface area contributed by atoms with Crippen molar-refractivity contribution in [3.05, 3.63) is 51.9 Å². The molecule has 1 amide bonds. The lowest BCUT2D eigenvalue weighted by atomic mass is 10.1. The molecule has 2 aromatic rings. The molecule has 2 heterocycles. The van der Waals surface area contributed by atoms with Crippen LogP contribution in [0, 0.1) is 24.1 Å². The highest BCUT2D eigenvalue weighted by molar-refractivity contribution is 6.31. The first-order chi connectivity index (χ1) is 14.5. The Labute approximate surface area is 181 Å². The largest absolute Gasteiger partial charge is 0.417 e. The number of aryl methyl sites for hydroxylation is 1. The van der Waals surface area contributed by atoms with Crippen LogP contribution in [-0.4, -0.2) is 30.0 Å². The monoisotopic (exact) mass is 454 g/mol. The number of alkyl halides is 3. The first kappa shape index (κ1) is 22.8. The van der Waals surface area contributed by atoms with Crippen LogP contribution in [0.4, 0.5) is 29.1 Å². The van der Waals surface area contributed by atoms with E-state index in [2.05, 4.69) is 4.98 Å². The summed E-state index contributed by atoms with van der Waals surface area (Å²) in [4.78, 5) is 20.2. The van der Waals surface area contributed by atoms with Crippen molar-refractivity contribution in [3.8, 4) is 6.07 Å². The second-order valence-electron chi connectivity index (χ2n) is 7.46. The van der Waals surface area contributed by atoms with Gasteiger partial charge in [-0.3, -0.25) is 4.79 Å². The minimum Gasteiger partial charge on any atom is -0.341 e. The molecule has 1 aliphatic heterocycles. The molecule has 2 atom stereocenters. The highest BCUT2D eigenvalue weighted by Crippen LogP contribution is 2.39. The highest BCUT2D eigenvalue weighted by atomic mass is 35.5. The van der Waals surface area contributed by atoms with Crippen LogP contribution in [0.15, 0.2) is 24.3 Å². The molecule has 1 aromatic heterocycles. The number of halogens is 5. The van der Waals surface area contributed by atoms with Gasteiger partial charge in [0.25, 0.3) is 0 Å². The number of rotatable bonds is 3. The molecule has 5 nitrogen and oxygen atoms in total. The molecular formula is C21H19ClF4N4O. The Kier molecular flexibility index (Phi) is 6.14. The Hall–Kier alpha value is -2.86. The van der Waals surface area contributed by atoms with E-state index in [-0.39, 0.29) is 22.6 Å². The minimum atomic E-state index is -4.74. The Morgan fingerprint density at radius 2 is 2.00 bits per heavy atom. The molecule has 0 aliphatic carbocycles. The smallest absolute Gasteiger partial charge is 0.341 e. The molecule has 1 aliphatic rings. The van der Waals surface area contributed by atoms with Crippen molar-refractivity contribution < 1.29 is 22.4 Å². The van der Waals surface area contributed by atoms with Crippen molar-refractivity contribution in [1.82, 2.24) is 4.98 Å². The lowest BCUT2D eigenvalue weighted by Crippen LogP contribution is -2.47. The Bertz CT molecular complexity index is 1070. The Morgan fingerprint density at radius 3 is 2.58 bits per heavy atom. The number of nitrogens with zero attached hydrogens (tertiary/aromatic N) is 4. The normalized spacial score (nSPS) is 18.7. The van der Waals surface area contributed by atoms with E-state index in [1.807, 2.05) is 0 Å². The molecule has 2 unspecified atom stereocenters. The zero-order chi connectivity index (χ0) is 23.1. The second kappa shape index (κ2) is 8.35. The molecule has 3 rings (SSSR count). The zero-order valence-electron chi connectivity index (χ0n) is 17.0. The van der Waals surface area contributed by atoms with E-state index in [4.69, 9.17) is 11.6 Å². The third-order valence-electron chi connectivity index (χ3n) is 5.36. The number of carbonyl (C=O) groups is 1. The molecule has 10 heteroatoms. The van der Waals surface area contributed by atoms with Crippen molar-refractivity contribution in [1.29, 1.82) is 5.26 Å². The first-order valence-corrected chi connectivity index (χ1v) is 9.83. The topological polar surface area (TPSA) is 60.2 Å². The van der Waals surface area contributed by atoms with Crippen LogP contribution in [0.25, 0.3) is 0 Å². The van der Waals surface area contributed by atoms with E-state index < -0.39 is 35.1 Å². The molecule has 1 fully saturated rings. The second-order valence-corrected chi connectivity index (χ2v) is 7.87. The summed E-state index contributed by atoms with van der Waals surface area (Å²) < 4.78 is 54.1. The number of aromatic nitrogens is 1. The van der Waals surface area contributed by atoms with E-state index in [0.717, 1.165) is 12.1 Å². The maximum absolute atomic E-state index is 13.5. The standard InChI is InChI=1S/C21H19ClF4N4O/c1-11-8-15(21(24,25)26)14(10-27)19(28-11)30-12(2)4-7-18(30)20(31)29(3)13-5-6-17(23)16(22)9-13/h5-6,8-9,12,18H,4,7H2,1-3H3. The Morgan fingerprint density at radius 1 is 1.32 bits per heavy atom. The fraction of sp³-hybridized carbons (Fsp3) is 0.381. The molecule has 164 valence electrons. The number of benzene rings is 1. The lowest BCUT2D eigenvalue weighted by molar-refractivity contribution is -0.137. The van der Waals surface area contributed by atoms with Gasteiger partial charge >= 0.3 is 6.18 Å². The van der Waals surface area contributed by atoms with Crippen molar-refractivity contribution in [3.63, 3.8) is 0 Å². The fourth-order valence-corrected chi connectivity index (χ4v) is 3.98. The molecule has 1 saturated heterocycles. The van der Waals surface area contributed by atoms with E-state index in [0.29, 0.717) is 18.5 Å². The number of amides is 1. The van der Waals surface area contributed by atoms with Gasteiger partial charge in [-0.15, -0.1) is 0 Å². The molecule has 0 bridgehead atoms. The number of likely N-dealkylation sites (N-methyl/N-ethyl adjacent to an activating group) is 1. The van der Waals surface area contributed by atoms with Crippen LogP contribution in [0.5, 0.6) is 0 Å². The Balaban J connectivity index is 2.05. The average Bonchev–Trinajstić information content (AvgIpc) is 3.08.